The number of hydrogen-bond donors (Lipinski definition) is 2. The smallest absolute Gasteiger partial charge is 0.314 e. The van der Waals surface area contributed by atoms with Crippen LogP contribution in [0, 0.1) is 0 Å². The summed E-state index contributed by atoms with van der Waals surface area (Å²) < 4.78 is 105. The highest BCUT2D eigenvalue weighted by Crippen LogP contribution is 2.29. The van der Waals surface area contributed by atoms with E-state index in [1.54, 1.807) is 61.5 Å². The molecule has 6 heterocycles. The first kappa shape index (κ1) is 63.1. The largest absolute Gasteiger partial charge is 0.413 e. The van der Waals surface area contributed by atoms with Gasteiger partial charge in [0.2, 0.25) is 5.91 Å². The maximum atomic E-state index is 12.5. The van der Waals surface area contributed by atoms with Crippen molar-refractivity contribution < 1.29 is 58.0 Å². The normalized spacial score (nSPS) is 10.5. The van der Waals surface area contributed by atoms with Crippen molar-refractivity contribution in [1.82, 2.24) is 46.1 Å². The lowest BCUT2D eigenvalue weighted by atomic mass is 10.2. The topological polar surface area (TPSA) is 230 Å². The molecule has 0 aliphatic rings. The predicted molar refractivity (Wildman–Crippen MR) is 282 cm³/mol. The van der Waals surface area contributed by atoms with E-state index >= 15 is 0 Å². The molecule has 0 saturated heterocycles. The van der Waals surface area contributed by atoms with Crippen LogP contribution in [0.2, 0.25) is 15.1 Å². The molecule has 78 heavy (non-hydrogen) atoms. The monoisotopic (exact) mass is 1170 g/mol. The van der Waals surface area contributed by atoms with E-state index in [0.717, 1.165) is 17.1 Å². The van der Waals surface area contributed by atoms with Crippen LogP contribution in [0.3, 0.4) is 0 Å². The third kappa shape index (κ3) is 19.2. The molecule has 0 spiro atoms. The van der Waals surface area contributed by atoms with Crippen molar-refractivity contribution in [2.75, 3.05) is 27.9 Å². The van der Waals surface area contributed by atoms with Crippen LogP contribution in [-0.4, -0.2) is 64.8 Å². The Morgan fingerprint density at radius 3 is 1.36 bits per heavy atom. The summed E-state index contributed by atoms with van der Waals surface area (Å²) in [6, 6.07) is 25.8. The zero-order valence-corrected chi connectivity index (χ0v) is 45.7. The first-order chi connectivity index (χ1) is 37.5. The van der Waals surface area contributed by atoms with Crippen LogP contribution in [0.4, 0.5) is 43.4 Å². The molecule has 0 aliphatic heterocycles. The summed E-state index contributed by atoms with van der Waals surface area (Å²) in [4.78, 5) is 15.7. The highest BCUT2D eigenvalue weighted by molar-refractivity contribution is 7.80. The second-order valence-electron chi connectivity index (χ2n) is 14.6. The van der Waals surface area contributed by atoms with Gasteiger partial charge in [-0.2, -0.15) is 39.0 Å². The second-order valence-corrected chi connectivity index (χ2v) is 16.5. The van der Waals surface area contributed by atoms with Crippen molar-refractivity contribution in [3.8, 4) is 34.8 Å². The molecule has 0 fully saturated rings. The molecule has 6 aromatic heterocycles. The van der Waals surface area contributed by atoms with Gasteiger partial charge in [-0.25, -0.2) is 0 Å². The van der Waals surface area contributed by atoms with Gasteiger partial charge in [-0.1, -0.05) is 110 Å². The zero-order valence-electron chi connectivity index (χ0n) is 42.6. The van der Waals surface area contributed by atoms with Gasteiger partial charge in [0.15, 0.2) is 34.4 Å². The van der Waals surface area contributed by atoms with Crippen LogP contribution in [-0.2, 0) is 24.4 Å². The lowest BCUT2D eigenvalue weighted by Crippen LogP contribution is -2.29. The fraction of sp³-hybridized carbons (Fsp3) is 0.306. The van der Waals surface area contributed by atoms with Crippen molar-refractivity contribution in [1.29, 1.82) is 0 Å². The summed E-state index contributed by atoms with van der Waals surface area (Å²) in [6.45, 7) is 12.5. The Labute approximate surface area is 463 Å². The van der Waals surface area contributed by atoms with E-state index in [-0.39, 0.29) is 53.6 Å². The van der Waals surface area contributed by atoms with Crippen LogP contribution in [0.1, 0.15) is 102 Å². The maximum Gasteiger partial charge on any atom is 0.314 e. The lowest BCUT2D eigenvalue weighted by molar-refractivity contribution is -0.118. The van der Waals surface area contributed by atoms with E-state index in [2.05, 4.69) is 64.0 Å². The molecule has 9 rings (SSSR count). The van der Waals surface area contributed by atoms with Gasteiger partial charge >= 0.3 is 19.3 Å². The first-order valence-electron chi connectivity index (χ1n) is 23.4. The Kier molecular flexibility index (Phi) is 26.2. The molecular weight excluding hydrogens is 1120 g/mol. The number of nitrogens with one attached hydrogen (secondary N) is 1. The second kappa shape index (κ2) is 32.3. The fourth-order valence-electron chi connectivity index (χ4n) is 5.89. The van der Waals surface area contributed by atoms with Crippen LogP contribution in [0.25, 0.3) is 34.8 Å². The summed E-state index contributed by atoms with van der Waals surface area (Å²) in [7, 11) is 1.86. The number of nitrogens with zero attached hydrogens (tertiary/aromatic N) is 11. The number of rotatable bonds is 16. The highest BCUT2D eigenvalue weighted by atomic mass is 35.5. The number of aromatic nitrogens is 9. The number of benzene rings is 3. The van der Waals surface area contributed by atoms with E-state index in [9.17, 15) is 31.1 Å². The first-order valence-corrected chi connectivity index (χ1v) is 25.2. The van der Waals surface area contributed by atoms with Gasteiger partial charge in [-0.15, -0.1) is 30.6 Å². The number of anilines is 3. The quantitative estimate of drug-likeness (QED) is 0.0676. The van der Waals surface area contributed by atoms with E-state index < -0.39 is 36.9 Å². The highest BCUT2D eigenvalue weighted by Gasteiger charge is 2.24. The minimum absolute atomic E-state index is 0.0792. The molecule has 9 aromatic rings. The van der Waals surface area contributed by atoms with Gasteiger partial charge in [0.05, 0.1) is 19.6 Å². The van der Waals surface area contributed by atoms with Gasteiger partial charge in [0.1, 0.15) is 0 Å². The third-order valence-electron chi connectivity index (χ3n) is 9.19. The van der Waals surface area contributed by atoms with Gasteiger partial charge in [-0.3, -0.25) is 4.79 Å². The third-order valence-corrected chi connectivity index (χ3v) is 9.89. The average molecular weight is 1170 g/mol. The molecule has 1 N–H and O–H groups in total. The minimum atomic E-state index is -2.87. The fourth-order valence-corrected chi connectivity index (χ4v) is 6.45. The average Bonchev–Trinajstić information content (AvgIpc) is 4.30. The van der Waals surface area contributed by atoms with Crippen molar-refractivity contribution in [3.05, 3.63) is 141 Å². The van der Waals surface area contributed by atoms with E-state index in [4.69, 9.17) is 61.6 Å². The summed E-state index contributed by atoms with van der Waals surface area (Å²) in [5.41, 5.74) is 2.81. The molecule has 0 radical (unpaired) electrons. The lowest BCUT2D eigenvalue weighted by Gasteiger charge is -2.21. The zero-order chi connectivity index (χ0) is 57.3. The number of halogens is 9. The van der Waals surface area contributed by atoms with Crippen LogP contribution in [0.15, 0.2) is 118 Å². The Morgan fingerprint density at radius 1 is 0.564 bits per heavy atom. The molecule has 0 bridgehead atoms. The number of hydrogen-bond acceptors (Lipinski definition) is 19. The standard InChI is InChI=1S/C16H13ClF2N4O3.C14H11ClF2N4O2.C13H9ClF2N4O2.C2H6S.2C2H6/c1-2-13(24)23(10-5-3-4-9(17)6-10)8-11-7-12(22-26-11)15-20-21-16(25-15)14(18)19;1-21(9-4-2-3-8(15)5-9)7-10-6-11(20-23-10)13-18-19-14(22-13)12(16)17;14-7-2-1-3-8(4-7)17-6-9-5-10(20-22-9)12-18-19-13(21-12)11(15)16;1-2-3;2*1-2/h3-7,14H,2,8H2,1H3;2-6,12H,7H2,1H3;1-5,11,17H,6H2;3H,2H2,1H3;2*1-2H3. The SMILES string of the molecule is CC.CC.CCC(=O)N(Cc1cc(-c2nnc(C(F)F)o2)no1)c1cccc(Cl)c1.CCS.CN(Cc1cc(-c2nnc(C(F)F)o2)no1)c1cccc(Cl)c1.FC(F)c1nnc(-c2cc(CNc3cccc(Cl)c3)on2)o1. The Bertz CT molecular complexity index is 3170. The van der Waals surface area contributed by atoms with E-state index in [1.165, 1.54) is 17.0 Å². The Balaban J connectivity index is 0.000000239. The molecule has 3 aromatic carbocycles. The van der Waals surface area contributed by atoms with E-state index in [1.807, 2.05) is 70.8 Å². The molecule has 418 valence electrons. The Hall–Kier alpha value is -7.42. The number of carbonyl (C=O) groups is 1. The van der Waals surface area contributed by atoms with E-state index in [0.29, 0.717) is 51.1 Å². The van der Waals surface area contributed by atoms with Gasteiger partial charge < -0.3 is 41.9 Å². The maximum absolute atomic E-state index is 12.5. The molecule has 0 atom stereocenters. The molecule has 19 nitrogen and oxygen atoms in total. The molecule has 1 amide bonds. The number of amides is 1. The van der Waals surface area contributed by atoms with Crippen LogP contribution in [0.5, 0.6) is 0 Å². The Morgan fingerprint density at radius 2 is 0.949 bits per heavy atom. The van der Waals surface area contributed by atoms with Crippen molar-refractivity contribution >= 4 is 70.4 Å². The summed E-state index contributed by atoms with van der Waals surface area (Å²) in [6.07, 6.45) is -8.24. The summed E-state index contributed by atoms with van der Waals surface area (Å²) >= 11 is 21.6. The van der Waals surface area contributed by atoms with Crippen LogP contribution < -0.4 is 15.1 Å². The van der Waals surface area contributed by atoms with Gasteiger partial charge in [-0.05, 0) is 60.4 Å². The van der Waals surface area contributed by atoms with Crippen molar-refractivity contribution in [3.63, 3.8) is 0 Å². The number of alkyl halides is 6. The summed E-state index contributed by atoms with van der Waals surface area (Å²) in [5, 5.41) is 36.2. The van der Waals surface area contributed by atoms with Gasteiger partial charge in [0, 0.05) is 63.8 Å². The van der Waals surface area contributed by atoms with Crippen LogP contribution >= 0.6 is 47.4 Å². The van der Waals surface area contributed by atoms with Crippen molar-refractivity contribution in [2.45, 2.75) is 86.9 Å². The van der Waals surface area contributed by atoms with Gasteiger partial charge in [0.25, 0.3) is 35.3 Å². The minimum Gasteiger partial charge on any atom is -0.413 e. The van der Waals surface area contributed by atoms with Crippen molar-refractivity contribution in [2.24, 2.45) is 0 Å². The molecule has 29 heteroatoms. The molecule has 0 unspecified atom stereocenters. The number of carbonyl (C=O) groups excluding carboxylic acids is 1. The summed E-state index contributed by atoms with van der Waals surface area (Å²) in [5.74, 6) is -0.615. The number of thiol groups is 1. The molecule has 0 saturated carbocycles. The molecule has 0 aliphatic carbocycles. The molecular formula is C49H51Cl3F6N12O7S. The predicted octanol–water partition coefficient (Wildman–Crippen LogP) is 15.1.